The standard InChI is InChI=1S/C22H29N3O2S/c1-25-12-10-15(11-13-25)14-20(26)23-18-4-3-5-19-21(18)28-22(24-19)16-6-8-17(27-2)9-7-16/h6-9,15,18H,3-5,10-14H2,1-2H3,(H,23,26). The van der Waals surface area contributed by atoms with Crippen LogP contribution >= 0.6 is 11.3 Å². The molecule has 1 saturated heterocycles. The van der Waals surface area contributed by atoms with Gasteiger partial charge in [0.25, 0.3) is 0 Å². The van der Waals surface area contributed by atoms with Crippen molar-refractivity contribution < 1.29 is 9.53 Å². The summed E-state index contributed by atoms with van der Waals surface area (Å²) in [6.07, 6.45) is 6.01. The Morgan fingerprint density at radius 2 is 2.00 bits per heavy atom. The van der Waals surface area contributed by atoms with Crippen molar-refractivity contribution in [2.24, 2.45) is 5.92 Å². The van der Waals surface area contributed by atoms with Crippen LogP contribution in [-0.2, 0) is 11.2 Å². The summed E-state index contributed by atoms with van der Waals surface area (Å²) in [5, 5.41) is 4.35. The summed E-state index contributed by atoms with van der Waals surface area (Å²) < 4.78 is 5.25. The van der Waals surface area contributed by atoms with Crippen molar-refractivity contribution in [3.05, 3.63) is 34.8 Å². The van der Waals surface area contributed by atoms with Crippen LogP contribution < -0.4 is 10.1 Å². The maximum atomic E-state index is 12.7. The van der Waals surface area contributed by atoms with Crippen molar-refractivity contribution in [2.45, 2.75) is 44.6 Å². The van der Waals surface area contributed by atoms with E-state index in [4.69, 9.17) is 9.72 Å². The summed E-state index contributed by atoms with van der Waals surface area (Å²) in [5.74, 6) is 1.58. The fraction of sp³-hybridized carbons (Fsp3) is 0.545. The van der Waals surface area contributed by atoms with E-state index in [1.165, 1.54) is 4.88 Å². The number of rotatable bonds is 5. The normalized spacial score (nSPS) is 20.6. The number of piperidine rings is 1. The molecule has 0 spiro atoms. The Morgan fingerprint density at radius 3 is 2.71 bits per heavy atom. The smallest absolute Gasteiger partial charge is 0.220 e. The quantitative estimate of drug-likeness (QED) is 0.824. The molecule has 1 N–H and O–H groups in total. The second-order valence-electron chi connectivity index (χ2n) is 8.02. The Kier molecular flexibility index (Phi) is 5.97. The zero-order valence-corrected chi connectivity index (χ0v) is 17.6. The van der Waals surface area contributed by atoms with Gasteiger partial charge in [-0.2, -0.15) is 0 Å². The number of hydrogen-bond donors (Lipinski definition) is 1. The number of benzene rings is 1. The van der Waals surface area contributed by atoms with Crippen molar-refractivity contribution in [3.8, 4) is 16.3 Å². The van der Waals surface area contributed by atoms with Gasteiger partial charge >= 0.3 is 0 Å². The molecule has 1 atom stereocenters. The maximum Gasteiger partial charge on any atom is 0.220 e. The molecule has 1 fully saturated rings. The number of ether oxygens (including phenoxy) is 1. The molecule has 1 aromatic heterocycles. The number of fused-ring (bicyclic) bond motifs is 1. The molecule has 2 aliphatic rings. The first-order chi connectivity index (χ1) is 13.6. The van der Waals surface area contributed by atoms with Crippen molar-refractivity contribution in [2.75, 3.05) is 27.2 Å². The summed E-state index contributed by atoms with van der Waals surface area (Å²) in [6, 6.07) is 8.16. The third-order valence-electron chi connectivity index (χ3n) is 5.93. The van der Waals surface area contributed by atoms with Crippen LogP contribution in [0.5, 0.6) is 5.75 Å². The number of amides is 1. The summed E-state index contributed by atoms with van der Waals surface area (Å²) in [5.41, 5.74) is 2.27. The van der Waals surface area contributed by atoms with Gasteiger partial charge in [0, 0.05) is 12.0 Å². The van der Waals surface area contributed by atoms with Crippen LogP contribution in [0.2, 0.25) is 0 Å². The summed E-state index contributed by atoms with van der Waals surface area (Å²) in [6.45, 7) is 2.21. The monoisotopic (exact) mass is 399 g/mol. The van der Waals surface area contributed by atoms with Gasteiger partial charge in [0.1, 0.15) is 10.8 Å². The van der Waals surface area contributed by atoms with E-state index in [1.54, 1.807) is 18.4 Å². The first-order valence-corrected chi connectivity index (χ1v) is 11.1. The fourth-order valence-electron chi connectivity index (χ4n) is 4.20. The predicted octanol–water partition coefficient (Wildman–Crippen LogP) is 4.04. The molecule has 150 valence electrons. The lowest BCUT2D eigenvalue weighted by atomic mass is 9.92. The number of hydrogen-bond acceptors (Lipinski definition) is 5. The van der Waals surface area contributed by atoms with Gasteiger partial charge in [-0.15, -0.1) is 11.3 Å². The van der Waals surface area contributed by atoms with Crippen LogP contribution in [0, 0.1) is 5.92 Å². The largest absolute Gasteiger partial charge is 0.497 e. The average Bonchev–Trinajstić information content (AvgIpc) is 3.15. The van der Waals surface area contributed by atoms with Crippen LogP contribution in [0.1, 0.15) is 48.7 Å². The molecular formula is C22H29N3O2S. The highest BCUT2D eigenvalue weighted by Gasteiger charge is 2.27. The lowest BCUT2D eigenvalue weighted by molar-refractivity contribution is -0.123. The molecule has 1 amide bonds. The highest BCUT2D eigenvalue weighted by atomic mass is 32.1. The minimum absolute atomic E-state index is 0.118. The van der Waals surface area contributed by atoms with Gasteiger partial charge in [0.15, 0.2) is 0 Å². The van der Waals surface area contributed by atoms with Crippen LogP contribution in [0.25, 0.3) is 10.6 Å². The minimum Gasteiger partial charge on any atom is -0.497 e. The molecule has 1 aliphatic carbocycles. The van der Waals surface area contributed by atoms with Crippen molar-refractivity contribution >= 4 is 17.2 Å². The Balaban J connectivity index is 1.43. The number of methoxy groups -OCH3 is 1. The first kappa shape index (κ1) is 19.4. The van der Waals surface area contributed by atoms with Gasteiger partial charge in [-0.1, -0.05) is 0 Å². The number of nitrogens with zero attached hydrogens (tertiary/aromatic N) is 2. The molecule has 4 rings (SSSR count). The van der Waals surface area contributed by atoms with E-state index < -0.39 is 0 Å². The van der Waals surface area contributed by atoms with Crippen LogP contribution in [0.4, 0.5) is 0 Å². The van der Waals surface area contributed by atoms with E-state index in [0.29, 0.717) is 12.3 Å². The molecule has 1 aliphatic heterocycles. The Labute approximate surface area is 171 Å². The molecular weight excluding hydrogens is 370 g/mol. The van der Waals surface area contributed by atoms with E-state index in [-0.39, 0.29) is 11.9 Å². The van der Waals surface area contributed by atoms with Crippen molar-refractivity contribution in [1.29, 1.82) is 0 Å². The molecule has 2 heterocycles. The molecule has 0 bridgehead atoms. The third-order valence-corrected chi connectivity index (χ3v) is 7.20. The van der Waals surface area contributed by atoms with E-state index >= 15 is 0 Å². The van der Waals surface area contributed by atoms with E-state index in [2.05, 4.69) is 29.4 Å². The topological polar surface area (TPSA) is 54.5 Å². The predicted molar refractivity (Wildman–Crippen MR) is 113 cm³/mol. The lowest BCUT2D eigenvalue weighted by Gasteiger charge is -2.29. The van der Waals surface area contributed by atoms with Gasteiger partial charge in [0.2, 0.25) is 5.91 Å². The lowest BCUT2D eigenvalue weighted by Crippen LogP contribution is -2.35. The third kappa shape index (κ3) is 4.39. The Morgan fingerprint density at radius 1 is 1.25 bits per heavy atom. The molecule has 0 radical (unpaired) electrons. The zero-order chi connectivity index (χ0) is 19.5. The van der Waals surface area contributed by atoms with Gasteiger partial charge in [0.05, 0.1) is 23.7 Å². The van der Waals surface area contributed by atoms with Crippen LogP contribution in [0.15, 0.2) is 24.3 Å². The minimum atomic E-state index is 0.118. The second kappa shape index (κ2) is 8.62. The van der Waals surface area contributed by atoms with Crippen LogP contribution in [0.3, 0.4) is 0 Å². The Hall–Kier alpha value is -1.92. The van der Waals surface area contributed by atoms with E-state index in [1.807, 2.05) is 12.1 Å². The molecule has 0 saturated carbocycles. The highest BCUT2D eigenvalue weighted by molar-refractivity contribution is 7.15. The van der Waals surface area contributed by atoms with Crippen LogP contribution in [-0.4, -0.2) is 43.0 Å². The summed E-state index contributed by atoms with van der Waals surface area (Å²) in [4.78, 5) is 21.1. The summed E-state index contributed by atoms with van der Waals surface area (Å²) in [7, 11) is 3.83. The molecule has 6 heteroatoms. The van der Waals surface area contributed by atoms with Gasteiger partial charge < -0.3 is 15.0 Å². The van der Waals surface area contributed by atoms with E-state index in [9.17, 15) is 4.79 Å². The Bertz CT molecular complexity index is 810. The van der Waals surface area contributed by atoms with E-state index in [0.717, 1.165) is 67.2 Å². The number of carbonyl (C=O) groups is 1. The maximum absolute atomic E-state index is 12.7. The highest BCUT2D eigenvalue weighted by Crippen LogP contribution is 2.38. The molecule has 2 aromatic rings. The SMILES string of the molecule is COc1ccc(-c2nc3c(s2)C(NC(=O)CC2CCN(C)CC2)CCC3)cc1. The number of likely N-dealkylation sites (tertiary alicyclic amines) is 1. The average molecular weight is 400 g/mol. The van der Waals surface area contributed by atoms with Crippen molar-refractivity contribution in [1.82, 2.24) is 15.2 Å². The molecule has 28 heavy (non-hydrogen) atoms. The first-order valence-electron chi connectivity index (χ1n) is 10.2. The number of carbonyl (C=O) groups excluding carboxylic acids is 1. The molecule has 1 unspecified atom stereocenters. The number of aromatic nitrogens is 1. The van der Waals surface area contributed by atoms with Gasteiger partial charge in [-0.25, -0.2) is 4.98 Å². The zero-order valence-electron chi connectivity index (χ0n) is 16.7. The number of thiazole rings is 1. The number of nitrogens with one attached hydrogen (secondary N) is 1. The molecule has 1 aromatic carbocycles. The van der Waals surface area contributed by atoms with Gasteiger partial charge in [-0.3, -0.25) is 4.79 Å². The number of aryl methyl sites for hydroxylation is 1. The summed E-state index contributed by atoms with van der Waals surface area (Å²) >= 11 is 1.73. The molecule has 5 nitrogen and oxygen atoms in total. The van der Waals surface area contributed by atoms with Gasteiger partial charge in [-0.05, 0) is 82.4 Å². The second-order valence-corrected chi connectivity index (χ2v) is 9.05. The fourth-order valence-corrected chi connectivity index (χ4v) is 5.40. The van der Waals surface area contributed by atoms with Crippen molar-refractivity contribution in [3.63, 3.8) is 0 Å².